The van der Waals surface area contributed by atoms with Crippen LogP contribution in [0.3, 0.4) is 0 Å². The third-order valence-electron chi connectivity index (χ3n) is 1.78. The molecule has 4 heteroatoms. The van der Waals surface area contributed by atoms with Gasteiger partial charge in [0.05, 0.1) is 12.7 Å². The molecule has 0 aliphatic rings. The van der Waals surface area contributed by atoms with Crippen molar-refractivity contribution in [2.75, 3.05) is 13.4 Å². The van der Waals surface area contributed by atoms with Crippen LogP contribution in [0.25, 0.3) is 0 Å². The lowest BCUT2D eigenvalue weighted by Crippen LogP contribution is -2.02. The number of thioether (sulfide) groups is 1. The Bertz CT molecular complexity index is 317. The third-order valence-corrected chi connectivity index (χ3v) is 2.48. The van der Waals surface area contributed by atoms with Gasteiger partial charge in [-0.3, -0.25) is 0 Å². The molecule has 0 heterocycles. The van der Waals surface area contributed by atoms with Gasteiger partial charge in [-0.15, -0.1) is 11.8 Å². The molecule has 0 amide bonds. The quantitative estimate of drug-likeness (QED) is 0.571. The van der Waals surface area contributed by atoms with E-state index < -0.39 is 12.6 Å². The molecule has 76 valence electrons. The maximum atomic E-state index is 12.4. The van der Waals surface area contributed by atoms with Crippen LogP contribution in [0.4, 0.5) is 4.39 Å². The van der Waals surface area contributed by atoms with E-state index in [0.717, 1.165) is 4.90 Å². The summed E-state index contributed by atoms with van der Waals surface area (Å²) < 4.78 is 17.0. The van der Waals surface area contributed by atoms with Gasteiger partial charge in [-0.05, 0) is 30.0 Å². The Morgan fingerprint density at radius 3 is 2.71 bits per heavy atom. The number of benzene rings is 1. The normalized spacial score (nSPS) is 9.93. The molecule has 0 saturated carbocycles. The summed E-state index contributed by atoms with van der Waals surface area (Å²) in [4.78, 5) is 12.1. The van der Waals surface area contributed by atoms with E-state index in [1.807, 2.05) is 6.26 Å². The van der Waals surface area contributed by atoms with Crippen molar-refractivity contribution >= 4 is 17.7 Å². The standard InChI is InChI=1S/C10H11FO2S/c1-13-10(12)8-3-7(6-11)4-9(5-8)14-2/h3-5H,6H2,1-2H3. The topological polar surface area (TPSA) is 26.3 Å². The van der Waals surface area contributed by atoms with Crippen LogP contribution in [-0.2, 0) is 11.4 Å². The zero-order valence-electron chi connectivity index (χ0n) is 8.04. The summed E-state index contributed by atoms with van der Waals surface area (Å²) in [6, 6.07) is 4.92. The average molecular weight is 214 g/mol. The summed E-state index contributed by atoms with van der Waals surface area (Å²) in [6.45, 7) is -0.571. The van der Waals surface area contributed by atoms with Crippen LogP contribution in [0, 0.1) is 0 Å². The van der Waals surface area contributed by atoms with Crippen LogP contribution in [0.15, 0.2) is 23.1 Å². The lowest BCUT2D eigenvalue weighted by Gasteiger charge is -2.04. The van der Waals surface area contributed by atoms with E-state index in [2.05, 4.69) is 4.74 Å². The molecule has 2 nitrogen and oxygen atoms in total. The second kappa shape index (κ2) is 5.00. The smallest absolute Gasteiger partial charge is 0.337 e. The highest BCUT2D eigenvalue weighted by molar-refractivity contribution is 7.98. The summed E-state index contributed by atoms with van der Waals surface area (Å²) in [5.41, 5.74) is 0.893. The highest BCUT2D eigenvalue weighted by atomic mass is 32.2. The van der Waals surface area contributed by atoms with E-state index in [0.29, 0.717) is 11.1 Å². The van der Waals surface area contributed by atoms with E-state index in [-0.39, 0.29) is 0 Å². The molecule has 0 N–H and O–H groups in total. The molecule has 0 fully saturated rings. The predicted molar refractivity (Wildman–Crippen MR) is 54.4 cm³/mol. The average Bonchev–Trinajstić information content (AvgIpc) is 2.27. The van der Waals surface area contributed by atoms with Crippen LogP contribution in [0.5, 0.6) is 0 Å². The molecule has 1 rings (SSSR count). The maximum absolute atomic E-state index is 12.4. The maximum Gasteiger partial charge on any atom is 0.337 e. The van der Waals surface area contributed by atoms with Crippen LogP contribution in [0.1, 0.15) is 15.9 Å². The van der Waals surface area contributed by atoms with Crippen molar-refractivity contribution in [1.29, 1.82) is 0 Å². The Balaban J connectivity index is 3.10. The van der Waals surface area contributed by atoms with E-state index >= 15 is 0 Å². The summed E-state index contributed by atoms with van der Waals surface area (Å²) in [7, 11) is 1.31. The van der Waals surface area contributed by atoms with Gasteiger partial charge >= 0.3 is 5.97 Å². The molecular weight excluding hydrogens is 203 g/mol. The molecule has 0 saturated heterocycles. The van der Waals surface area contributed by atoms with Crippen LogP contribution in [-0.4, -0.2) is 19.3 Å². The molecule has 1 aromatic rings. The number of halogens is 1. The number of carbonyl (C=O) groups excluding carboxylic acids is 1. The molecule has 0 radical (unpaired) electrons. The molecule has 0 aromatic heterocycles. The number of hydrogen-bond acceptors (Lipinski definition) is 3. The minimum atomic E-state index is -0.571. The summed E-state index contributed by atoms with van der Waals surface area (Å²) >= 11 is 1.47. The first-order valence-electron chi connectivity index (χ1n) is 4.03. The minimum absolute atomic E-state index is 0.395. The van der Waals surface area contributed by atoms with Crippen molar-refractivity contribution in [3.8, 4) is 0 Å². The molecular formula is C10H11FO2S. The van der Waals surface area contributed by atoms with Crippen molar-refractivity contribution in [3.05, 3.63) is 29.3 Å². The zero-order valence-corrected chi connectivity index (χ0v) is 8.86. The van der Waals surface area contributed by atoms with Crippen molar-refractivity contribution < 1.29 is 13.9 Å². The molecule has 0 spiro atoms. The van der Waals surface area contributed by atoms with Crippen molar-refractivity contribution in [1.82, 2.24) is 0 Å². The van der Waals surface area contributed by atoms with Crippen molar-refractivity contribution in [2.45, 2.75) is 11.6 Å². The number of alkyl halides is 1. The third kappa shape index (κ3) is 2.48. The monoisotopic (exact) mass is 214 g/mol. The Hall–Kier alpha value is -1.03. The second-order valence-electron chi connectivity index (χ2n) is 2.69. The Morgan fingerprint density at radius 1 is 1.50 bits per heavy atom. The summed E-state index contributed by atoms with van der Waals surface area (Å²) in [5, 5.41) is 0. The lowest BCUT2D eigenvalue weighted by molar-refractivity contribution is 0.0600. The number of carbonyl (C=O) groups is 1. The van der Waals surface area contributed by atoms with Gasteiger partial charge in [0.2, 0.25) is 0 Å². The van der Waals surface area contributed by atoms with E-state index in [1.165, 1.54) is 24.9 Å². The van der Waals surface area contributed by atoms with Gasteiger partial charge in [0, 0.05) is 4.90 Å². The molecule has 14 heavy (non-hydrogen) atoms. The van der Waals surface area contributed by atoms with Crippen molar-refractivity contribution in [3.63, 3.8) is 0 Å². The first kappa shape index (κ1) is 11.0. The fraction of sp³-hybridized carbons (Fsp3) is 0.300. The Kier molecular flexibility index (Phi) is 3.95. The molecule has 0 atom stereocenters. The van der Waals surface area contributed by atoms with E-state index in [1.54, 1.807) is 12.1 Å². The highest BCUT2D eigenvalue weighted by Crippen LogP contribution is 2.20. The number of rotatable bonds is 3. The number of ether oxygens (including phenoxy) is 1. The molecule has 0 aliphatic heterocycles. The van der Waals surface area contributed by atoms with Crippen LogP contribution in [0.2, 0.25) is 0 Å². The fourth-order valence-electron chi connectivity index (χ4n) is 1.09. The zero-order chi connectivity index (χ0) is 10.6. The highest BCUT2D eigenvalue weighted by Gasteiger charge is 2.08. The van der Waals surface area contributed by atoms with Gasteiger partial charge in [0.1, 0.15) is 6.67 Å². The number of esters is 1. The lowest BCUT2D eigenvalue weighted by atomic mass is 10.1. The Labute approximate surface area is 86.5 Å². The van der Waals surface area contributed by atoms with Gasteiger partial charge in [0.15, 0.2) is 0 Å². The summed E-state index contributed by atoms with van der Waals surface area (Å²) in [6.07, 6.45) is 1.87. The largest absolute Gasteiger partial charge is 0.465 e. The van der Waals surface area contributed by atoms with Gasteiger partial charge in [-0.2, -0.15) is 0 Å². The number of hydrogen-bond donors (Lipinski definition) is 0. The first-order chi connectivity index (χ1) is 6.71. The van der Waals surface area contributed by atoms with Gasteiger partial charge in [-0.25, -0.2) is 9.18 Å². The molecule has 0 bridgehead atoms. The van der Waals surface area contributed by atoms with E-state index in [4.69, 9.17) is 0 Å². The minimum Gasteiger partial charge on any atom is -0.465 e. The van der Waals surface area contributed by atoms with Crippen molar-refractivity contribution in [2.24, 2.45) is 0 Å². The summed E-state index contributed by atoms with van der Waals surface area (Å²) in [5.74, 6) is -0.435. The Morgan fingerprint density at radius 2 is 2.21 bits per heavy atom. The number of methoxy groups -OCH3 is 1. The van der Waals surface area contributed by atoms with E-state index in [9.17, 15) is 9.18 Å². The van der Waals surface area contributed by atoms with Gasteiger partial charge in [0.25, 0.3) is 0 Å². The van der Waals surface area contributed by atoms with Crippen LogP contribution >= 0.6 is 11.8 Å². The second-order valence-corrected chi connectivity index (χ2v) is 3.57. The predicted octanol–water partition coefficient (Wildman–Crippen LogP) is 2.66. The molecule has 1 aromatic carbocycles. The van der Waals surface area contributed by atoms with Crippen LogP contribution < -0.4 is 0 Å². The molecule has 0 unspecified atom stereocenters. The SMILES string of the molecule is COC(=O)c1cc(CF)cc(SC)c1. The molecule has 0 aliphatic carbocycles. The first-order valence-corrected chi connectivity index (χ1v) is 5.26. The van der Waals surface area contributed by atoms with Gasteiger partial charge < -0.3 is 4.74 Å². The van der Waals surface area contributed by atoms with Gasteiger partial charge in [-0.1, -0.05) is 0 Å². The fourth-order valence-corrected chi connectivity index (χ4v) is 1.61.